The molecule has 17 heavy (non-hydrogen) atoms. The van der Waals surface area contributed by atoms with E-state index in [4.69, 9.17) is 0 Å². The Morgan fingerprint density at radius 1 is 1.41 bits per heavy atom. The smallest absolute Gasteiger partial charge is 0.320 e. The highest BCUT2D eigenvalue weighted by molar-refractivity contribution is 5.74. The number of aliphatic carboxylic acids is 1. The summed E-state index contributed by atoms with van der Waals surface area (Å²) in [5.74, 6) is -0.184. The fourth-order valence-corrected chi connectivity index (χ4v) is 3.43. The van der Waals surface area contributed by atoms with E-state index in [9.17, 15) is 15.0 Å². The lowest BCUT2D eigenvalue weighted by atomic mass is 9.84. The Bertz CT molecular complexity index is 282. The number of hydrogen-bond donors (Lipinski definition) is 2. The summed E-state index contributed by atoms with van der Waals surface area (Å²) < 4.78 is 0. The molecule has 4 unspecified atom stereocenters. The molecule has 4 atom stereocenters. The van der Waals surface area contributed by atoms with Crippen LogP contribution in [0, 0.1) is 5.92 Å². The molecule has 0 spiro atoms. The first-order valence-corrected chi connectivity index (χ1v) is 6.80. The predicted molar refractivity (Wildman–Crippen MR) is 64.8 cm³/mol. The number of carbonyl (C=O) groups is 1. The van der Waals surface area contributed by atoms with Gasteiger partial charge in [-0.2, -0.15) is 0 Å². The normalized spacial score (nSPS) is 35.5. The van der Waals surface area contributed by atoms with Crippen LogP contribution < -0.4 is 0 Å². The molecule has 98 valence electrons. The van der Waals surface area contributed by atoms with Crippen LogP contribution in [-0.2, 0) is 4.79 Å². The molecule has 4 nitrogen and oxygen atoms in total. The van der Waals surface area contributed by atoms with Crippen molar-refractivity contribution in [1.82, 2.24) is 4.90 Å². The summed E-state index contributed by atoms with van der Waals surface area (Å²) >= 11 is 0. The van der Waals surface area contributed by atoms with Crippen LogP contribution in [0.4, 0.5) is 0 Å². The number of carboxylic acids is 1. The van der Waals surface area contributed by atoms with Crippen molar-refractivity contribution in [2.45, 2.75) is 63.6 Å². The molecular weight excluding hydrogens is 218 g/mol. The van der Waals surface area contributed by atoms with Gasteiger partial charge in [-0.1, -0.05) is 19.8 Å². The second-order valence-electron chi connectivity index (χ2n) is 5.46. The minimum atomic E-state index is -0.720. The van der Waals surface area contributed by atoms with Gasteiger partial charge in [-0.15, -0.1) is 0 Å². The molecule has 0 radical (unpaired) electrons. The number of aliphatic hydroxyl groups excluding tert-OH is 1. The quantitative estimate of drug-likeness (QED) is 0.782. The Kier molecular flexibility index (Phi) is 4.05. The average molecular weight is 241 g/mol. The van der Waals surface area contributed by atoms with Crippen molar-refractivity contribution >= 4 is 5.97 Å². The lowest BCUT2D eigenvalue weighted by Crippen LogP contribution is -2.45. The monoisotopic (exact) mass is 241 g/mol. The van der Waals surface area contributed by atoms with E-state index in [1.54, 1.807) is 0 Å². The van der Waals surface area contributed by atoms with E-state index in [1.807, 2.05) is 6.92 Å². The lowest BCUT2D eigenvalue weighted by Gasteiger charge is -2.34. The summed E-state index contributed by atoms with van der Waals surface area (Å²) in [5.41, 5.74) is 0. The Morgan fingerprint density at radius 3 is 2.76 bits per heavy atom. The average Bonchev–Trinajstić information content (AvgIpc) is 2.68. The third kappa shape index (κ3) is 2.63. The van der Waals surface area contributed by atoms with Crippen molar-refractivity contribution < 1.29 is 15.0 Å². The van der Waals surface area contributed by atoms with E-state index >= 15 is 0 Å². The van der Waals surface area contributed by atoms with E-state index in [-0.39, 0.29) is 6.04 Å². The molecule has 0 aromatic carbocycles. The Morgan fingerprint density at radius 2 is 2.12 bits per heavy atom. The molecule has 0 aromatic heterocycles. The number of β-amino-alcohol motifs (C(OH)–C–C–N with tert-alkyl or cyclic N) is 1. The van der Waals surface area contributed by atoms with Gasteiger partial charge in [0, 0.05) is 12.6 Å². The summed E-state index contributed by atoms with van der Waals surface area (Å²) in [4.78, 5) is 13.4. The van der Waals surface area contributed by atoms with E-state index in [0.717, 1.165) is 19.3 Å². The van der Waals surface area contributed by atoms with Gasteiger partial charge in [-0.25, -0.2) is 0 Å². The van der Waals surface area contributed by atoms with E-state index < -0.39 is 12.1 Å². The number of carboxylic acid groups (broad SMARTS) is 1. The summed E-state index contributed by atoms with van der Waals surface area (Å²) in [5, 5.41) is 19.1. The summed E-state index contributed by atoms with van der Waals surface area (Å²) in [6, 6.07) is 0.0235. The van der Waals surface area contributed by atoms with Gasteiger partial charge in [-0.3, -0.25) is 9.69 Å². The van der Waals surface area contributed by atoms with E-state index in [0.29, 0.717) is 24.9 Å². The van der Waals surface area contributed by atoms with Crippen LogP contribution in [0.3, 0.4) is 0 Å². The number of nitrogens with zero attached hydrogens (tertiary/aromatic N) is 1. The highest BCUT2D eigenvalue weighted by Gasteiger charge is 2.45. The van der Waals surface area contributed by atoms with Crippen LogP contribution in [0.1, 0.15) is 45.4 Å². The molecule has 1 saturated heterocycles. The molecule has 1 aliphatic heterocycles. The SMILES string of the molecule is CCC(O)CN1C(C(=O)O)CC2CCCCC21. The van der Waals surface area contributed by atoms with Crippen LogP contribution in [0.25, 0.3) is 0 Å². The minimum Gasteiger partial charge on any atom is -0.480 e. The van der Waals surface area contributed by atoms with Crippen molar-refractivity contribution in [2.24, 2.45) is 5.92 Å². The number of rotatable bonds is 4. The minimum absolute atomic E-state index is 0.371. The maximum atomic E-state index is 11.3. The first-order chi connectivity index (χ1) is 8.13. The van der Waals surface area contributed by atoms with Crippen molar-refractivity contribution in [3.63, 3.8) is 0 Å². The molecule has 1 saturated carbocycles. The van der Waals surface area contributed by atoms with Gasteiger partial charge >= 0.3 is 5.97 Å². The van der Waals surface area contributed by atoms with Crippen molar-refractivity contribution in [1.29, 1.82) is 0 Å². The van der Waals surface area contributed by atoms with E-state index in [1.165, 1.54) is 12.8 Å². The number of fused-ring (bicyclic) bond motifs is 1. The van der Waals surface area contributed by atoms with Crippen molar-refractivity contribution in [3.8, 4) is 0 Å². The van der Waals surface area contributed by atoms with Gasteiger partial charge < -0.3 is 10.2 Å². The molecule has 0 bridgehead atoms. The van der Waals surface area contributed by atoms with Crippen LogP contribution in [-0.4, -0.2) is 45.8 Å². The standard InChI is InChI=1S/C13H23NO3/c1-2-10(15)8-14-11-6-4-3-5-9(11)7-12(14)13(16)17/h9-12,15H,2-8H2,1H3,(H,16,17). The second-order valence-corrected chi connectivity index (χ2v) is 5.46. The second kappa shape index (κ2) is 5.36. The third-order valence-corrected chi connectivity index (χ3v) is 4.40. The highest BCUT2D eigenvalue weighted by atomic mass is 16.4. The zero-order valence-corrected chi connectivity index (χ0v) is 10.5. The van der Waals surface area contributed by atoms with Gasteiger partial charge in [0.05, 0.1) is 6.10 Å². The Hall–Kier alpha value is -0.610. The lowest BCUT2D eigenvalue weighted by molar-refractivity contribution is -0.143. The van der Waals surface area contributed by atoms with Crippen molar-refractivity contribution in [3.05, 3.63) is 0 Å². The zero-order valence-electron chi connectivity index (χ0n) is 10.5. The van der Waals surface area contributed by atoms with Gasteiger partial charge in [0.2, 0.25) is 0 Å². The largest absolute Gasteiger partial charge is 0.480 e. The molecule has 0 amide bonds. The number of aliphatic hydroxyl groups is 1. The van der Waals surface area contributed by atoms with Crippen LogP contribution in [0.15, 0.2) is 0 Å². The van der Waals surface area contributed by atoms with Crippen molar-refractivity contribution in [2.75, 3.05) is 6.54 Å². The Balaban J connectivity index is 2.08. The fourth-order valence-electron chi connectivity index (χ4n) is 3.43. The van der Waals surface area contributed by atoms with Gasteiger partial charge in [0.25, 0.3) is 0 Å². The molecule has 2 fully saturated rings. The summed E-state index contributed by atoms with van der Waals surface area (Å²) in [6.07, 6.45) is 5.77. The maximum absolute atomic E-state index is 11.3. The van der Waals surface area contributed by atoms with Crippen LogP contribution >= 0.6 is 0 Å². The topological polar surface area (TPSA) is 60.8 Å². The van der Waals surface area contributed by atoms with Gasteiger partial charge in [-0.05, 0) is 31.6 Å². The van der Waals surface area contributed by atoms with Gasteiger partial charge in [0.1, 0.15) is 6.04 Å². The summed E-state index contributed by atoms with van der Waals surface area (Å²) in [7, 11) is 0. The maximum Gasteiger partial charge on any atom is 0.320 e. The molecular formula is C13H23NO3. The van der Waals surface area contributed by atoms with Gasteiger partial charge in [0.15, 0.2) is 0 Å². The predicted octanol–water partition coefficient (Wildman–Crippen LogP) is 1.47. The fraction of sp³-hybridized carbons (Fsp3) is 0.923. The molecule has 4 heteroatoms. The highest BCUT2D eigenvalue weighted by Crippen LogP contribution is 2.39. The molecule has 0 aromatic rings. The molecule has 1 aliphatic carbocycles. The van der Waals surface area contributed by atoms with E-state index in [2.05, 4.69) is 4.90 Å². The summed E-state index contributed by atoms with van der Waals surface area (Å²) in [6.45, 7) is 2.46. The Labute approximate surface area is 103 Å². The van der Waals surface area contributed by atoms with Crippen LogP contribution in [0.5, 0.6) is 0 Å². The number of likely N-dealkylation sites (tertiary alicyclic amines) is 1. The molecule has 2 rings (SSSR count). The third-order valence-electron chi connectivity index (χ3n) is 4.40. The first kappa shape index (κ1) is 12.8. The molecule has 1 heterocycles. The molecule has 2 aliphatic rings. The zero-order chi connectivity index (χ0) is 12.4. The number of hydrogen-bond acceptors (Lipinski definition) is 3. The molecule has 2 N–H and O–H groups in total. The first-order valence-electron chi connectivity index (χ1n) is 6.80. The van der Waals surface area contributed by atoms with Crippen LogP contribution in [0.2, 0.25) is 0 Å².